The highest BCUT2D eigenvalue weighted by Gasteiger charge is 2.51. The molecule has 598 valence electrons. The van der Waals surface area contributed by atoms with E-state index in [1.807, 2.05) is 48.5 Å². The number of carbonyl (C=O) groups is 9. The highest BCUT2D eigenvalue weighted by atomic mass is 19.1. The van der Waals surface area contributed by atoms with Crippen LogP contribution in [0.15, 0.2) is 89.7 Å². The number of aromatic nitrogens is 2. The number of nitrogens with one attached hydrogen (secondary N) is 5. The lowest BCUT2D eigenvalue weighted by Gasteiger charge is -2.35. The second-order valence-electron chi connectivity index (χ2n) is 26.2. The van der Waals surface area contributed by atoms with Crippen molar-refractivity contribution in [2.75, 3.05) is 132 Å². The highest BCUT2D eigenvalue weighted by molar-refractivity contribution is 6.01. The van der Waals surface area contributed by atoms with Crippen molar-refractivity contribution in [3.05, 3.63) is 146 Å². The topological polar surface area (TPSA) is 398 Å². The Morgan fingerprint density at radius 2 is 1.29 bits per heavy atom. The number of anilines is 1. The zero-order valence-corrected chi connectivity index (χ0v) is 63.0. The van der Waals surface area contributed by atoms with Gasteiger partial charge in [-0.15, -0.1) is 0 Å². The Balaban J connectivity index is 0.827. The van der Waals surface area contributed by atoms with Crippen molar-refractivity contribution < 1.29 is 119 Å². The van der Waals surface area contributed by atoms with Gasteiger partial charge in [-0.2, -0.15) is 0 Å². The molecule has 5 amide bonds. The second-order valence-corrected chi connectivity index (χ2v) is 26.2. The number of nitrogens with zero attached hydrogens (tertiary/aromatic N) is 2. The van der Waals surface area contributed by atoms with E-state index in [4.69, 9.17) is 71.3 Å². The lowest BCUT2D eigenvalue weighted by molar-refractivity contribution is -0.175. The van der Waals surface area contributed by atoms with Crippen molar-refractivity contribution in [3.8, 4) is 28.3 Å². The van der Waals surface area contributed by atoms with E-state index >= 15 is 4.39 Å². The summed E-state index contributed by atoms with van der Waals surface area (Å²) in [5.41, 5.74) is 2.16. The fourth-order valence-electron chi connectivity index (χ4n) is 12.7. The molecule has 4 heterocycles. The SMILES string of the molecule is CC[C@@]1(OC(=O)OCc2ccc(NC(=O)[C@H](C)NC(=O)[C@@H](NC(=O)[C@H](CCC(=O)O)NC(=O)OCC3c4ccccc4-c4ccccc43)C(C)C)cc2C(=O)NCCOCCOCCOCCOCCOCCOCCOCCOC)C(=O)OCc2c1cc1n(c2=O)Cc2c-1nc1cc(F)c(OC)cc1c2COC(C)=O. The molecule has 4 aromatic carbocycles. The van der Waals surface area contributed by atoms with Crippen LogP contribution in [0.25, 0.3) is 33.4 Å². The van der Waals surface area contributed by atoms with Crippen molar-refractivity contribution >= 4 is 70.4 Å². The summed E-state index contributed by atoms with van der Waals surface area (Å²) in [7, 11) is 2.90. The van der Waals surface area contributed by atoms with Gasteiger partial charge in [0.05, 0.1) is 135 Å². The Bertz CT molecular complexity index is 4320. The molecule has 33 heteroatoms. The average molecular weight is 1550 g/mol. The van der Waals surface area contributed by atoms with Gasteiger partial charge in [0.25, 0.3) is 11.5 Å². The predicted octanol–water partition coefficient (Wildman–Crippen LogP) is 6.50. The van der Waals surface area contributed by atoms with Crippen LogP contribution in [0.2, 0.25) is 0 Å². The van der Waals surface area contributed by atoms with E-state index in [-0.39, 0.29) is 122 Å². The van der Waals surface area contributed by atoms with Gasteiger partial charge in [0.15, 0.2) is 11.6 Å². The molecular weight excluding hydrogens is 1450 g/mol. The number of carboxylic acid groups (broad SMARTS) is 1. The number of benzene rings is 4. The van der Waals surface area contributed by atoms with Crippen molar-refractivity contribution in [2.45, 2.75) is 110 Å². The van der Waals surface area contributed by atoms with E-state index < -0.39 is 114 Å². The number of ether oxygens (including phenoxy) is 14. The van der Waals surface area contributed by atoms with E-state index in [2.05, 4.69) is 26.6 Å². The van der Waals surface area contributed by atoms with Gasteiger partial charge in [-0.3, -0.25) is 33.6 Å². The maximum Gasteiger partial charge on any atom is 0.510 e. The van der Waals surface area contributed by atoms with E-state index in [0.717, 1.165) is 28.3 Å². The van der Waals surface area contributed by atoms with Crippen LogP contribution in [0.4, 0.5) is 19.7 Å². The first-order valence-corrected chi connectivity index (χ1v) is 36.4. The zero-order valence-electron chi connectivity index (χ0n) is 63.0. The Morgan fingerprint density at radius 3 is 1.86 bits per heavy atom. The van der Waals surface area contributed by atoms with E-state index in [1.165, 1.54) is 62.8 Å². The molecule has 0 fully saturated rings. The molecule has 0 radical (unpaired) electrons. The van der Waals surface area contributed by atoms with Gasteiger partial charge >= 0.3 is 30.2 Å². The molecule has 0 saturated carbocycles. The molecule has 2 aromatic heterocycles. The first-order chi connectivity index (χ1) is 53.6. The number of amides is 5. The molecule has 6 N–H and O–H groups in total. The van der Waals surface area contributed by atoms with Crippen LogP contribution in [0.5, 0.6) is 5.75 Å². The molecule has 32 nitrogen and oxygen atoms in total. The second kappa shape index (κ2) is 41.5. The summed E-state index contributed by atoms with van der Waals surface area (Å²) < 4.78 is 93.7. The number of cyclic esters (lactones) is 1. The smallest absolute Gasteiger partial charge is 0.494 e. The molecule has 6 aromatic rings. The third-order valence-corrected chi connectivity index (χ3v) is 18.5. The molecule has 0 bridgehead atoms. The quantitative estimate of drug-likeness (QED) is 0.0135. The van der Waals surface area contributed by atoms with Gasteiger partial charge in [0.1, 0.15) is 44.6 Å². The first kappa shape index (κ1) is 84.5. The number of carbonyl (C=O) groups excluding carboxylic acids is 8. The minimum Gasteiger partial charge on any atom is -0.494 e. The summed E-state index contributed by atoms with van der Waals surface area (Å²) in [4.78, 5) is 141. The van der Waals surface area contributed by atoms with Gasteiger partial charge in [0.2, 0.25) is 23.3 Å². The third-order valence-electron chi connectivity index (χ3n) is 18.5. The number of aliphatic carboxylic acids is 1. The van der Waals surface area contributed by atoms with E-state index in [0.29, 0.717) is 89.2 Å². The fraction of sp³-hybridized carbons (Fsp3) is 0.474. The van der Waals surface area contributed by atoms with Gasteiger partial charge in [-0.1, -0.05) is 75.4 Å². The maximum absolute atomic E-state index is 15.3. The summed E-state index contributed by atoms with van der Waals surface area (Å²) in [6, 6.07) is 19.3. The number of methoxy groups -OCH3 is 2. The summed E-state index contributed by atoms with van der Waals surface area (Å²) in [5, 5.41) is 23.0. The fourth-order valence-corrected chi connectivity index (χ4v) is 12.7. The minimum absolute atomic E-state index is 0.0105. The van der Waals surface area contributed by atoms with Crippen LogP contribution in [0.1, 0.15) is 109 Å². The third kappa shape index (κ3) is 22.4. The summed E-state index contributed by atoms with van der Waals surface area (Å²) >= 11 is 0. The maximum atomic E-state index is 15.3. The number of halogens is 1. The Kier molecular flexibility index (Phi) is 31.6. The Hall–Kier alpha value is -10.5. The number of hydrogen-bond acceptors (Lipinski definition) is 25. The average Bonchev–Trinajstić information content (AvgIpc) is 1.53. The number of carboxylic acids is 1. The number of pyridine rings is 2. The van der Waals surface area contributed by atoms with Crippen molar-refractivity contribution in [3.63, 3.8) is 0 Å². The van der Waals surface area contributed by atoms with Crippen LogP contribution in [0.3, 0.4) is 0 Å². The van der Waals surface area contributed by atoms with Crippen LogP contribution in [-0.2, 0) is 122 Å². The standard InChI is InChI=1S/C78H94FN7O25/c1-8-78(61-39-65-69-57(41-86(65)74(94)60(61)45-108-75(78)95)59(43-107-48(5)87)56-38-66(99-7)62(79)40-64(56)83-69)111-77(97)110-42-49-17-18-50(37-55(49)71(91)80-21-22-100-25-26-102-29-30-104-33-34-106-36-35-105-32-31-103-28-27-101-24-23-98-6)82-70(90)47(4)81-73(93)68(46(2)3)85-72(92)63(19-20-67(88)89)84-76(96)109-44-58-53-15-11-9-13-51(53)52-14-10-12-16-54(52)58/h9-18,37-40,46-47,58,63,68H,8,19-36,41-45H2,1-7H3,(H,80,91)(H,81,93)(H,82,90)(H,84,96)(H,85,92)(H,88,89)/t47-,63-,68-,78-/m0/s1. The molecule has 0 spiro atoms. The molecule has 111 heavy (non-hydrogen) atoms. The Labute approximate surface area is 639 Å². The first-order valence-electron chi connectivity index (χ1n) is 36.4. The molecule has 2 aliphatic heterocycles. The minimum atomic E-state index is -2.29. The molecule has 0 unspecified atom stereocenters. The molecule has 1 aliphatic carbocycles. The summed E-state index contributed by atoms with van der Waals surface area (Å²) in [5.74, 6) is -7.94. The van der Waals surface area contributed by atoms with Crippen LogP contribution in [-0.4, -0.2) is 213 Å². The summed E-state index contributed by atoms with van der Waals surface area (Å²) in [6.45, 7) is 10.9. The van der Waals surface area contributed by atoms with Gasteiger partial charge in [-0.25, -0.2) is 23.8 Å². The lowest BCUT2D eigenvalue weighted by atomic mass is 9.85. The van der Waals surface area contributed by atoms with Crippen LogP contribution in [0, 0.1) is 11.7 Å². The van der Waals surface area contributed by atoms with E-state index in [1.54, 1.807) is 21.0 Å². The lowest BCUT2D eigenvalue weighted by Crippen LogP contribution is -2.57. The van der Waals surface area contributed by atoms with Gasteiger partial charge in [0, 0.05) is 77.9 Å². The monoisotopic (exact) mass is 1550 g/mol. The summed E-state index contributed by atoms with van der Waals surface area (Å²) in [6.07, 6.45) is -3.62. The predicted molar refractivity (Wildman–Crippen MR) is 394 cm³/mol. The number of esters is 2. The number of fused-ring (bicyclic) bond motifs is 8. The highest BCUT2D eigenvalue weighted by Crippen LogP contribution is 2.46. The molecule has 4 atom stereocenters. The van der Waals surface area contributed by atoms with Gasteiger partial charge < -0.3 is 103 Å². The molecular formula is C78H94FN7O25. The largest absolute Gasteiger partial charge is 0.510 e. The van der Waals surface area contributed by atoms with Crippen molar-refractivity contribution in [1.82, 2.24) is 30.8 Å². The number of hydrogen-bond donors (Lipinski definition) is 6. The van der Waals surface area contributed by atoms with E-state index in [9.17, 15) is 53.1 Å². The van der Waals surface area contributed by atoms with Crippen LogP contribution >= 0.6 is 0 Å². The normalized spacial score (nSPS) is 14.7. The molecule has 3 aliphatic rings. The molecule has 0 saturated heterocycles. The van der Waals surface area contributed by atoms with Crippen LogP contribution < -0.4 is 36.9 Å². The van der Waals surface area contributed by atoms with Crippen molar-refractivity contribution in [2.24, 2.45) is 5.92 Å². The number of alkyl carbamates (subject to hydrolysis) is 1. The molecule has 9 rings (SSSR count). The van der Waals surface area contributed by atoms with Crippen molar-refractivity contribution in [1.29, 1.82) is 0 Å². The Morgan fingerprint density at radius 1 is 0.685 bits per heavy atom. The van der Waals surface area contributed by atoms with Gasteiger partial charge in [-0.05, 0) is 72.2 Å². The number of rotatable bonds is 45. The zero-order chi connectivity index (χ0) is 79.6.